The van der Waals surface area contributed by atoms with Crippen LogP contribution >= 0.6 is 0 Å². The van der Waals surface area contributed by atoms with Crippen molar-refractivity contribution in [1.29, 1.82) is 0 Å². The predicted octanol–water partition coefficient (Wildman–Crippen LogP) is 3.84. The molecule has 1 aliphatic rings. The Balaban J connectivity index is 2.22. The van der Waals surface area contributed by atoms with Gasteiger partial charge in [0, 0.05) is 12.6 Å². The Morgan fingerprint density at radius 1 is 1.19 bits per heavy atom. The van der Waals surface area contributed by atoms with Crippen molar-refractivity contribution in [1.82, 2.24) is 4.31 Å². The molecule has 1 aliphatic heterocycles. The molecule has 4 heteroatoms. The Hall–Kier alpha value is -0.870. The second-order valence-electron chi connectivity index (χ2n) is 6.42. The average Bonchev–Trinajstić information content (AvgIpc) is 2.47. The van der Waals surface area contributed by atoms with E-state index in [4.69, 9.17) is 0 Å². The molecule has 21 heavy (non-hydrogen) atoms. The highest BCUT2D eigenvalue weighted by Crippen LogP contribution is 2.27. The number of piperidine rings is 1. The number of hydrogen-bond donors (Lipinski definition) is 0. The first-order valence-electron chi connectivity index (χ1n) is 8.06. The zero-order valence-corrected chi connectivity index (χ0v) is 14.2. The number of sulfonamides is 1. The molecule has 1 aromatic carbocycles. The van der Waals surface area contributed by atoms with Gasteiger partial charge in [-0.1, -0.05) is 39.3 Å². The minimum atomic E-state index is -3.34. The third-order valence-electron chi connectivity index (χ3n) is 4.22. The number of nitrogens with zero attached hydrogens (tertiary/aromatic N) is 1. The summed E-state index contributed by atoms with van der Waals surface area (Å²) >= 11 is 0. The van der Waals surface area contributed by atoms with Gasteiger partial charge in [-0.25, -0.2) is 8.42 Å². The highest BCUT2D eigenvalue weighted by molar-refractivity contribution is 7.89. The smallest absolute Gasteiger partial charge is 0.207 e. The molecule has 0 aromatic heterocycles. The normalized spacial score (nSPS) is 20.9. The van der Waals surface area contributed by atoms with Crippen molar-refractivity contribution in [2.45, 2.75) is 63.8 Å². The lowest BCUT2D eigenvalue weighted by atomic mass is 10.0. The lowest BCUT2D eigenvalue weighted by Gasteiger charge is -2.34. The molecule has 0 saturated carbocycles. The molecule has 0 N–H and O–H groups in total. The molecule has 0 amide bonds. The van der Waals surface area contributed by atoms with Crippen LogP contribution in [0, 0.1) is 5.92 Å². The summed E-state index contributed by atoms with van der Waals surface area (Å²) in [5.41, 5.74) is 1.20. The summed E-state index contributed by atoms with van der Waals surface area (Å²) in [6, 6.07) is 7.62. The Morgan fingerprint density at radius 3 is 2.43 bits per heavy atom. The van der Waals surface area contributed by atoms with Crippen LogP contribution in [0.5, 0.6) is 0 Å². The zero-order chi connectivity index (χ0) is 15.5. The van der Waals surface area contributed by atoms with E-state index in [9.17, 15) is 8.42 Å². The monoisotopic (exact) mass is 309 g/mol. The largest absolute Gasteiger partial charge is 0.243 e. The van der Waals surface area contributed by atoms with Crippen LogP contribution in [-0.2, 0) is 16.4 Å². The lowest BCUT2D eigenvalue weighted by Crippen LogP contribution is -2.43. The molecule has 1 aromatic rings. The maximum absolute atomic E-state index is 12.8. The van der Waals surface area contributed by atoms with E-state index in [1.807, 2.05) is 12.1 Å². The fourth-order valence-electron chi connectivity index (χ4n) is 3.10. The van der Waals surface area contributed by atoms with Crippen LogP contribution in [0.1, 0.15) is 52.0 Å². The first-order valence-corrected chi connectivity index (χ1v) is 9.50. The van der Waals surface area contributed by atoms with Crippen LogP contribution in [0.4, 0.5) is 0 Å². The Labute approximate surface area is 129 Å². The molecule has 1 heterocycles. The fourth-order valence-corrected chi connectivity index (χ4v) is 4.87. The standard InChI is InChI=1S/C17H27NO2S/c1-4-16-7-5-6-12-18(16)21(19,20)17-10-8-15(9-11-17)13-14(2)3/h8-11,14,16H,4-7,12-13H2,1-3H3. The first kappa shape index (κ1) is 16.5. The second kappa shape index (κ2) is 6.93. The third-order valence-corrected chi connectivity index (χ3v) is 6.18. The Morgan fingerprint density at radius 2 is 1.86 bits per heavy atom. The maximum atomic E-state index is 12.8. The van der Waals surface area contributed by atoms with E-state index in [1.165, 1.54) is 5.56 Å². The Bertz CT molecular complexity index is 549. The van der Waals surface area contributed by atoms with Crippen molar-refractivity contribution in [2.24, 2.45) is 5.92 Å². The van der Waals surface area contributed by atoms with Crippen molar-refractivity contribution in [3.63, 3.8) is 0 Å². The Kier molecular flexibility index (Phi) is 5.44. The molecule has 0 aliphatic carbocycles. The molecule has 3 nitrogen and oxygen atoms in total. The molecule has 1 atom stereocenters. The van der Waals surface area contributed by atoms with Crippen molar-refractivity contribution in [3.8, 4) is 0 Å². The molecule has 0 bridgehead atoms. The summed E-state index contributed by atoms with van der Waals surface area (Å²) < 4.78 is 27.3. The van der Waals surface area contributed by atoms with E-state index in [2.05, 4.69) is 20.8 Å². The summed E-state index contributed by atoms with van der Waals surface area (Å²) in [6.07, 6.45) is 4.98. The molecular formula is C17H27NO2S. The molecule has 1 unspecified atom stereocenters. The minimum absolute atomic E-state index is 0.166. The first-order chi connectivity index (χ1) is 9.95. The summed E-state index contributed by atoms with van der Waals surface area (Å²) in [5, 5.41) is 0. The molecule has 118 valence electrons. The van der Waals surface area contributed by atoms with E-state index in [0.717, 1.165) is 32.1 Å². The average molecular weight is 309 g/mol. The summed E-state index contributed by atoms with van der Waals surface area (Å²) in [7, 11) is -3.34. The molecule has 1 fully saturated rings. The molecule has 0 spiro atoms. The van der Waals surface area contributed by atoms with Crippen LogP contribution in [-0.4, -0.2) is 25.3 Å². The van der Waals surface area contributed by atoms with E-state index in [1.54, 1.807) is 16.4 Å². The molecule has 0 radical (unpaired) electrons. The number of hydrogen-bond acceptors (Lipinski definition) is 2. The van der Waals surface area contributed by atoms with Gasteiger partial charge in [0.2, 0.25) is 10.0 Å². The quantitative estimate of drug-likeness (QED) is 0.828. The minimum Gasteiger partial charge on any atom is -0.207 e. The van der Waals surface area contributed by atoms with Crippen LogP contribution in [0.3, 0.4) is 0 Å². The van der Waals surface area contributed by atoms with Gasteiger partial charge in [-0.15, -0.1) is 0 Å². The zero-order valence-electron chi connectivity index (χ0n) is 13.4. The van der Waals surface area contributed by atoms with Gasteiger partial charge in [0.25, 0.3) is 0 Å². The van der Waals surface area contributed by atoms with Gasteiger partial charge in [-0.3, -0.25) is 0 Å². The topological polar surface area (TPSA) is 37.4 Å². The van der Waals surface area contributed by atoms with E-state index in [0.29, 0.717) is 17.4 Å². The summed E-state index contributed by atoms with van der Waals surface area (Å²) in [4.78, 5) is 0.440. The van der Waals surface area contributed by atoms with Gasteiger partial charge in [-0.2, -0.15) is 4.31 Å². The second-order valence-corrected chi connectivity index (χ2v) is 8.31. The van der Waals surface area contributed by atoms with Gasteiger partial charge in [0.1, 0.15) is 0 Å². The molecular weight excluding hydrogens is 282 g/mol. The number of benzene rings is 1. The van der Waals surface area contributed by atoms with Crippen molar-refractivity contribution >= 4 is 10.0 Å². The van der Waals surface area contributed by atoms with Crippen LogP contribution in [0.15, 0.2) is 29.2 Å². The molecule has 1 saturated heterocycles. The van der Waals surface area contributed by atoms with Gasteiger partial charge in [0.05, 0.1) is 4.90 Å². The fraction of sp³-hybridized carbons (Fsp3) is 0.647. The van der Waals surface area contributed by atoms with E-state index < -0.39 is 10.0 Å². The highest BCUT2D eigenvalue weighted by atomic mass is 32.2. The van der Waals surface area contributed by atoms with E-state index >= 15 is 0 Å². The van der Waals surface area contributed by atoms with Crippen LogP contribution in [0.2, 0.25) is 0 Å². The van der Waals surface area contributed by atoms with Crippen LogP contribution < -0.4 is 0 Å². The van der Waals surface area contributed by atoms with Crippen molar-refractivity contribution < 1.29 is 8.42 Å². The predicted molar refractivity (Wildman–Crippen MR) is 86.8 cm³/mol. The van der Waals surface area contributed by atoms with Gasteiger partial charge in [-0.05, 0) is 49.3 Å². The summed E-state index contributed by atoms with van der Waals surface area (Å²) in [5.74, 6) is 0.582. The maximum Gasteiger partial charge on any atom is 0.243 e. The third kappa shape index (κ3) is 3.86. The van der Waals surface area contributed by atoms with Gasteiger partial charge in [0.15, 0.2) is 0 Å². The molecule has 2 rings (SSSR count). The highest BCUT2D eigenvalue weighted by Gasteiger charge is 2.32. The van der Waals surface area contributed by atoms with Crippen molar-refractivity contribution in [3.05, 3.63) is 29.8 Å². The lowest BCUT2D eigenvalue weighted by molar-refractivity contribution is 0.246. The summed E-state index contributed by atoms with van der Waals surface area (Å²) in [6.45, 7) is 7.08. The van der Waals surface area contributed by atoms with Crippen LogP contribution in [0.25, 0.3) is 0 Å². The van der Waals surface area contributed by atoms with E-state index in [-0.39, 0.29) is 6.04 Å². The van der Waals surface area contributed by atoms with Crippen molar-refractivity contribution in [2.75, 3.05) is 6.54 Å². The van der Waals surface area contributed by atoms with Gasteiger partial charge < -0.3 is 0 Å². The number of rotatable bonds is 5. The SMILES string of the molecule is CCC1CCCCN1S(=O)(=O)c1ccc(CC(C)C)cc1. The van der Waals surface area contributed by atoms with Gasteiger partial charge >= 0.3 is 0 Å².